The van der Waals surface area contributed by atoms with Crippen LogP contribution in [0.2, 0.25) is 0 Å². The van der Waals surface area contributed by atoms with Gasteiger partial charge in [-0.25, -0.2) is 24.5 Å². The SMILES string of the molecule is CC.Cc1cc(-c2ccnc(Nc3cnn(CC(NC(=O)OC(C)(C)C)C(=O)O)c3)n2)ccc1CNC(=O)c1cnc(C(C)(C)C)s1. The van der Waals surface area contributed by atoms with Crippen LogP contribution >= 0.6 is 11.3 Å². The van der Waals surface area contributed by atoms with Gasteiger partial charge >= 0.3 is 12.1 Å². The third kappa shape index (κ3) is 10.9. The van der Waals surface area contributed by atoms with Crippen LogP contribution in [0.25, 0.3) is 11.3 Å². The van der Waals surface area contributed by atoms with Crippen molar-refractivity contribution >= 4 is 40.9 Å². The predicted octanol–water partition coefficient (Wildman–Crippen LogP) is 6.08. The minimum absolute atomic E-state index is 0.109. The molecular formula is C33H44N8O5S. The summed E-state index contributed by atoms with van der Waals surface area (Å²) < 4.78 is 6.55. The van der Waals surface area contributed by atoms with E-state index in [1.54, 1.807) is 45.4 Å². The number of alkyl carbamates (subject to hydrolysis) is 1. The van der Waals surface area contributed by atoms with Gasteiger partial charge in [0.15, 0.2) is 0 Å². The first-order chi connectivity index (χ1) is 22.1. The normalized spacial score (nSPS) is 11.9. The highest BCUT2D eigenvalue weighted by atomic mass is 32.1. The summed E-state index contributed by atoms with van der Waals surface area (Å²) in [5, 5.41) is 23.1. The van der Waals surface area contributed by atoms with Crippen LogP contribution in [0.15, 0.2) is 49.1 Å². The quantitative estimate of drug-likeness (QED) is 0.156. The number of hydrogen-bond donors (Lipinski definition) is 4. The second kappa shape index (κ2) is 15.6. The van der Waals surface area contributed by atoms with Crippen LogP contribution in [0.5, 0.6) is 0 Å². The molecule has 0 aliphatic carbocycles. The summed E-state index contributed by atoms with van der Waals surface area (Å²) in [4.78, 5) is 50.4. The number of thiazole rings is 1. The van der Waals surface area contributed by atoms with E-state index in [0.29, 0.717) is 28.8 Å². The zero-order valence-electron chi connectivity index (χ0n) is 28.3. The lowest BCUT2D eigenvalue weighted by molar-refractivity contribution is -0.139. The highest BCUT2D eigenvalue weighted by Gasteiger charge is 2.25. The first-order valence-electron chi connectivity index (χ1n) is 15.3. The van der Waals surface area contributed by atoms with Crippen LogP contribution in [0.3, 0.4) is 0 Å². The Morgan fingerprint density at radius 1 is 1.04 bits per heavy atom. The largest absolute Gasteiger partial charge is 0.480 e. The first kappa shape index (κ1) is 36.6. The summed E-state index contributed by atoms with van der Waals surface area (Å²) in [6.45, 7) is 17.5. The van der Waals surface area contributed by atoms with E-state index in [4.69, 9.17) is 4.74 Å². The number of anilines is 2. The number of aryl methyl sites for hydroxylation is 1. The maximum absolute atomic E-state index is 12.7. The van der Waals surface area contributed by atoms with Crippen LogP contribution in [-0.4, -0.2) is 59.5 Å². The smallest absolute Gasteiger partial charge is 0.408 e. The van der Waals surface area contributed by atoms with Gasteiger partial charge in [-0.15, -0.1) is 11.3 Å². The molecule has 3 aromatic heterocycles. The number of carbonyl (C=O) groups is 3. The van der Waals surface area contributed by atoms with Crippen molar-refractivity contribution in [1.82, 2.24) is 35.4 Å². The fourth-order valence-corrected chi connectivity index (χ4v) is 4.99. The Kier molecular flexibility index (Phi) is 12.2. The summed E-state index contributed by atoms with van der Waals surface area (Å²) in [6.07, 6.45) is 5.52. The number of carboxylic acids is 1. The lowest BCUT2D eigenvalue weighted by Crippen LogP contribution is -2.45. The Balaban J connectivity index is 0.00000294. The second-order valence-electron chi connectivity index (χ2n) is 12.5. The molecular weight excluding hydrogens is 620 g/mol. The van der Waals surface area contributed by atoms with Crippen molar-refractivity contribution in [1.29, 1.82) is 0 Å². The molecule has 13 nitrogen and oxygen atoms in total. The summed E-state index contributed by atoms with van der Waals surface area (Å²) in [7, 11) is 0. The zero-order valence-corrected chi connectivity index (χ0v) is 29.2. The zero-order chi connectivity index (χ0) is 34.9. The number of benzene rings is 1. The number of nitrogens with zero attached hydrogens (tertiary/aromatic N) is 5. The molecule has 47 heavy (non-hydrogen) atoms. The highest BCUT2D eigenvalue weighted by molar-refractivity contribution is 7.13. The lowest BCUT2D eigenvalue weighted by Gasteiger charge is -2.21. The standard InChI is InChI=1S/C31H38N8O5S.C2H6/c1-18-12-19(8-9-20(18)13-33-25(40)24-15-34-27(45-24)30(2,3)4)22-10-11-32-28(37-22)36-21-14-35-39(16-21)17-23(26(41)42)38-29(43)44-31(5,6)7;1-2/h8-12,14-16,23H,13,17H2,1-7H3,(H,33,40)(H,38,43)(H,41,42)(H,32,36,37);1-2H3. The van der Waals surface area contributed by atoms with E-state index in [2.05, 4.69) is 56.8 Å². The summed E-state index contributed by atoms with van der Waals surface area (Å²) in [5.74, 6) is -1.05. The molecule has 0 saturated heterocycles. The molecule has 4 N–H and O–H groups in total. The molecule has 0 fully saturated rings. The van der Waals surface area contributed by atoms with Gasteiger partial charge in [0, 0.05) is 29.9 Å². The molecule has 0 aliphatic rings. The average Bonchev–Trinajstić information content (AvgIpc) is 3.67. The second-order valence-corrected chi connectivity index (χ2v) is 13.5. The number of ether oxygens (including phenoxy) is 1. The van der Waals surface area contributed by atoms with Gasteiger partial charge in [0.1, 0.15) is 16.5 Å². The molecule has 0 radical (unpaired) electrons. The fraction of sp³-hybridized carbons (Fsp3) is 0.424. The fourth-order valence-electron chi connectivity index (χ4n) is 4.10. The predicted molar refractivity (Wildman–Crippen MR) is 182 cm³/mol. The van der Waals surface area contributed by atoms with Crippen molar-refractivity contribution in [3.05, 3.63) is 70.1 Å². The molecule has 14 heteroatoms. The van der Waals surface area contributed by atoms with Crippen LogP contribution < -0.4 is 16.0 Å². The van der Waals surface area contributed by atoms with Crippen LogP contribution in [0.4, 0.5) is 16.4 Å². The number of rotatable bonds is 10. The maximum atomic E-state index is 12.7. The molecule has 0 aliphatic heterocycles. The van der Waals surface area contributed by atoms with Crippen LogP contribution in [0, 0.1) is 6.92 Å². The monoisotopic (exact) mass is 664 g/mol. The van der Waals surface area contributed by atoms with Gasteiger partial charge in [0.25, 0.3) is 5.91 Å². The maximum Gasteiger partial charge on any atom is 0.408 e. The molecule has 0 saturated carbocycles. The number of carbonyl (C=O) groups excluding carboxylic acids is 2. The topological polar surface area (TPSA) is 173 Å². The molecule has 0 spiro atoms. The first-order valence-corrected chi connectivity index (χ1v) is 16.1. The minimum atomic E-state index is -1.25. The van der Waals surface area contributed by atoms with E-state index >= 15 is 0 Å². The number of amides is 2. The van der Waals surface area contributed by atoms with E-state index in [-0.39, 0.29) is 17.9 Å². The molecule has 0 bridgehead atoms. The van der Waals surface area contributed by atoms with E-state index < -0.39 is 23.7 Å². The van der Waals surface area contributed by atoms with Gasteiger partial charge in [-0.1, -0.05) is 46.8 Å². The van der Waals surface area contributed by atoms with Gasteiger partial charge < -0.3 is 25.8 Å². The van der Waals surface area contributed by atoms with Crippen molar-refractivity contribution in [3.8, 4) is 11.3 Å². The van der Waals surface area contributed by atoms with Gasteiger partial charge in [0.05, 0.1) is 35.3 Å². The summed E-state index contributed by atoms with van der Waals surface area (Å²) in [6, 6.07) is 6.44. The van der Waals surface area contributed by atoms with Crippen molar-refractivity contribution in [2.24, 2.45) is 0 Å². The molecule has 1 unspecified atom stereocenters. The van der Waals surface area contributed by atoms with E-state index in [9.17, 15) is 19.5 Å². The molecule has 3 heterocycles. The molecule has 252 valence electrons. The molecule has 4 rings (SSSR count). The van der Waals surface area contributed by atoms with Crippen molar-refractivity contribution in [2.45, 2.75) is 92.5 Å². The van der Waals surface area contributed by atoms with Gasteiger partial charge in [-0.05, 0) is 51.0 Å². The lowest BCUT2D eigenvalue weighted by atomic mass is 9.98. The number of carboxylic acid groups (broad SMARTS) is 1. The molecule has 4 aromatic rings. The van der Waals surface area contributed by atoms with Crippen LogP contribution in [0.1, 0.15) is 81.2 Å². The van der Waals surface area contributed by atoms with Gasteiger partial charge in [0.2, 0.25) is 5.95 Å². The Labute approximate surface area is 279 Å². The van der Waals surface area contributed by atoms with E-state index in [1.807, 2.05) is 39.0 Å². The van der Waals surface area contributed by atoms with E-state index in [1.165, 1.54) is 22.2 Å². The Bertz CT molecular complexity index is 1690. The van der Waals surface area contributed by atoms with Crippen LogP contribution in [-0.2, 0) is 28.0 Å². The van der Waals surface area contributed by atoms with Crippen molar-refractivity contribution in [2.75, 3.05) is 5.32 Å². The van der Waals surface area contributed by atoms with Crippen molar-refractivity contribution < 1.29 is 24.2 Å². The summed E-state index contributed by atoms with van der Waals surface area (Å²) >= 11 is 1.41. The Hall–Kier alpha value is -4.85. The van der Waals surface area contributed by atoms with Gasteiger partial charge in [-0.3, -0.25) is 9.48 Å². The summed E-state index contributed by atoms with van der Waals surface area (Å²) in [5.41, 5.74) is 3.20. The highest BCUT2D eigenvalue weighted by Crippen LogP contribution is 2.27. The minimum Gasteiger partial charge on any atom is -0.480 e. The number of hydrogen-bond acceptors (Lipinski definition) is 10. The number of aromatic nitrogens is 5. The van der Waals surface area contributed by atoms with Gasteiger partial charge in [-0.2, -0.15) is 5.10 Å². The Morgan fingerprint density at radius 3 is 2.38 bits per heavy atom. The number of nitrogens with one attached hydrogen (secondary N) is 3. The number of aliphatic carboxylic acids is 1. The molecule has 1 atom stereocenters. The van der Waals surface area contributed by atoms with Crippen molar-refractivity contribution in [3.63, 3.8) is 0 Å². The average molecular weight is 665 g/mol. The van der Waals surface area contributed by atoms with E-state index in [0.717, 1.165) is 21.7 Å². The Morgan fingerprint density at radius 2 is 1.77 bits per heavy atom. The third-order valence-corrected chi connectivity index (χ3v) is 7.77. The molecule has 2 amide bonds. The molecule has 1 aromatic carbocycles. The third-order valence-electron chi connectivity index (χ3n) is 6.35.